The average Bonchev–Trinajstić information content (AvgIpc) is 2.51. The molecule has 1 aromatic rings. The van der Waals surface area contributed by atoms with Crippen LogP contribution in [0.4, 0.5) is 10.1 Å². The molecule has 1 aliphatic heterocycles. The van der Waals surface area contributed by atoms with Crippen LogP contribution in [-0.4, -0.2) is 42.9 Å². The van der Waals surface area contributed by atoms with Gasteiger partial charge in [0.2, 0.25) is 5.91 Å². The van der Waals surface area contributed by atoms with Gasteiger partial charge < -0.3 is 10.1 Å². The van der Waals surface area contributed by atoms with Gasteiger partial charge in [0.15, 0.2) is 11.0 Å². The van der Waals surface area contributed by atoms with Gasteiger partial charge in [0.05, 0.1) is 18.8 Å². The lowest BCUT2D eigenvalue weighted by molar-refractivity contribution is -0.130. The summed E-state index contributed by atoms with van der Waals surface area (Å²) in [4.78, 5) is 29.7. The van der Waals surface area contributed by atoms with E-state index in [0.29, 0.717) is 25.4 Å². The number of hydrogen-bond donors (Lipinski definition) is 1. The van der Waals surface area contributed by atoms with Crippen molar-refractivity contribution in [3.8, 4) is 0 Å². The number of thiocarbonyl (C=S) groups is 1. The molecule has 0 saturated carbocycles. The van der Waals surface area contributed by atoms with Crippen LogP contribution in [0.1, 0.15) is 6.92 Å². The van der Waals surface area contributed by atoms with Crippen LogP contribution in [0.2, 0.25) is 0 Å². The van der Waals surface area contributed by atoms with Gasteiger partial charge in [0.25, 0.3) is 5.91 Å². The quantitative estimate of drug-likeness (QED) is 0.368. The highest BCUT2D eigenvalue weighted by atomic mass is 32.1. The lowest BCUT2D eigenvalue weighted by Gasteiger charge is -2.30. The maximum Gasteiger partial charge on any atom is 0.251 e. The zero-order valence-corrected chi connectivity index (χ0v) is 13.3. The normalized spacial score (nSPS) is 18.6. The molecule has 0 aliphatic carbocycles. The second-order valence-corrected chi connectivity index (χ2v) is 5.06. The molecule has 1 atom stereocenters. The third kappa shape index (κ3) is 4.17. The zero-order chi connectivity index (χ0) is 16.8. The number of carbonyl (C=O) groups excluding carboxylic acids is 2. The topological polar surface area (TPSA) is 71.0 Å². The molecule has 0 radical (unpaired) electrons. The van der Waals surface area contributed by atoms with E-state index in [1.54, 1.807) is 0 Å². The Hall–Kier alpha value is -2.19. The van der Waals surface area contributed by atoms with Crippen molar-refractivity contribution in [2.24, 2.45) is 10.9 Å². The van der Waals surface area contributed by atoms with Crippen LogP contribution in [-0.2, 0) is 14.3 Å². The number of nitrogens with one attached hydrogen (secondary N) is 1. The first-order valence-electron chi connectivity index (χ1n) is 7.06. The fourth-order valence-electron chi connectivity index (χ4n) is 2.00. The summed E-state index contributed by atoms with van der Waals surface area (Å²) in [6, 6.07) is 5.26. The van der Waals surface area contributed by atoms with Crippen molar-refractivity contribution in [3.63, 3.8) is 0 Å². The molecule has 2 amide bonds. The first kappa shape index (κ1) is 17.2. The summed E-state index contributed by atoms with van der Waals surface area (Å²) in [6.45, 7) is 3.20. The van der Waals surface area contributed by atoms with Crippen LogP contribution in [0.25, 0.3) is 0 Å². The molecule has 1 saturated heterocycles. The van der Waals surface area contributed by atoms with Crippen LogP contribution in [0.3, 0.4) is 0 Å². The van der Waals surface area contributed by atoms with Crippen LogP contribution >= 0.6 is 12.2 Å². The fraction of sp³-hybridized carbons (Fsp3) is 0.333. The minimum atomic E-state index is -1.08. The number of ether oxygens (including phenoxy) is 1. The molecule has 2 rings (SSSR count). The Morgan fingerprint density at radius 2 is 2.09 bits per heavy atom. The van der Waals surface area contributed by atoms with E-state index in [1.807, 2.05) is 6.92 Å². The van der Waals surface area contributed by atoms with Crippen LogP contribution in [0.5, 0.6) is 0 Å². The van der Waals surface area contributed by atoms with Crippen LogP contribution in [0.15, 0.2) is 29.3 Å². The summed E-state index contributed by atoms with van der Waals surface area (Å²) in [7, 11) is 0. The number of hydrogen-bond acceptors (Lipinski definition) is 5. The number of carbonyl (C=O) groups is 2. The van der Waals surface area contributed by atoms with Crippen molar-refractivity contribution < 1.29 is 18.7 Å². The molecule has 6 nitrogen and oxygen atoms in total. The number of rotatable bonds is 6. The molecule has 1 aliphatic rings. The number of amides is 2. The third-order valence-electron chi connectivity index (χ3n) is 3.11. The number of nitrogens with zero attached hydrogens (tertiary/aromatic N) is 2. The van der Waals surface area contributed by atoms with E-state index in [2.05, 4.69) is 10.3 Å². The van der Waals surface area contributed by atoms with Crippen molar-refractivity contribution in [1.29, 1.82) is 0 Å². The van der Waals surface area contributed by atoms with E-state index in [1.165, 1.54) is 30.5 Å². The van der Waals surface area contributed by atoms with Crippen molar-refractivity contribution in [1.82, 2.24) is 5.32 Å². The molecule has 8 heteroatoms. The van der Waals surface area contributed by atoms with Crippen LogP contribution in [0, 0.1) is 11.7 Å². The molecule has 1 fully saturated rings. The Morgan fingerprint density at radius 1 is 1.39 bits per heavy atom. The maximum absolute atomic E-state index is 13.0. The lowest BCUT2D eigenvalue weighted by atomic mass is 10.1. The number of aliphatic imine (C=N–C) groups is 1. The Morgan fingerprint density at radius 3 is 2.74 bits per heavy atom. The van der Waals surface area contributed by atoms with E-state index in [-0.39, 0.29) is 5.11 Å². The predicted octanol–water partition coefficient (Wildman–Crippen LogP) is 1.30. The van der Waals surface area contributed by atoms with Gasteiger partial charge in [-0.1, -0.05) is 0 Å². The largest absolute Gasteiger partial charge is 0.380 e. The minimum Gasteiger partial charge on any atom is -0.380 e. The fourth-order valence-corrected chi connectivity index (χ4v) is 2.29. The Balaban J connectivity index is 2.14. The average molecular weight is 337 g/mol. The Labute approximate surface area is 138 Å². The lowest BCUT2D eigenvalue weighted by Crippen LogP contribution is -2.58. The summed E-state index contributed by atoms with van der Waals surface area (Å²) in [5, 5.41) is 2.42. The van der Waals surface area contributed by atoms with E-state index in [9.17, 15) is 14.0 Å². The molecular weight excluding hydrogens is 321 g/mol. The smallest absolute Gasteiger partial charge is 0.251 e. The van der Waals surface area contributed by atoms with Crippen molar-refractivity contribution in [2.45, 2.75) is 6.92 Å². The van der Waals surface area contributed by atoms with Gasteiger partial charge in [-0.25, -0.2) is 4.39 Å². The molecule has 0 bridgehead atoms. The van der Waals surface area contributed by atoms with Crippen LogP contribution < -0.4 is 10.2 Å². The van der Waals surface area contributed by atoms with Crippen molar-refractivity contribution in [2.75, 3.05) is 24.7 Å². The van der Waals surface area contributed by atoms with Gasteiger partial charge in [-0.3, -0.25) is 19.5 Å². The Bertz CT molecular complexity index is 633. The first-order chi connectivity index (χ1) is 11.0. The summed E-state index contributed by atoms with van der Waals surface area (Å²) in [6.07, 6.45) is 1.29. The number of anilines is 1. The molecule has 23 heavy (non-hydrogen) atoms. The van der Waals surface area contributed by atoms with E-state index >= 15 is 0 Å². The molecule has 0 aromatic heterocycles. The standard InChI is InChI=1S/C15H16FN3O3S/c1-2-22-8-7-17-9-12-13(20)18-15(23)19(14(12)21)11-5-3-10(16)4-6-11/h3-6,9,12H,2,7-8H2,1H3,(H,18,20,23). The number of halogens is 1. The van der Waals surface area contributed by atoms with Crippen molar-refractivity contribution in [3.05, 3.63) is 30.1 Å². The monoisotopic (exact) mass is 337 g/mol. The molecule has 0 spiro atoms. The van der Waals surface area contributed by atoms with E-state index in [0.717, 1.165) is 4.90 Å². The molecule has 1 unspecified atom stereocenters. The molecule has 122 valence electrons. The highest BCUT2D eigenvalue weighted by molar-refractivity contribution is 7.80. The first-order valence-corrected chi connectivity index (χ1v) is 7.47. The second kappa shape index (κ2) is 7.89. The molecule has 1 heterocycles. The SMILES string of the molecule is CCOCCN=CC1C(=O)NC(=S)N(c2ccc(F)cc2)C1=O. The second-order valence-electron chi connectivity index (χ2n) is 4.67. The molecular formula is C15H16FN3O3S. The van der Waals surface area contributed by atoms with Gasteiger partial charge >= 0.3 is 0 Å². The van der Waals surface area contributed by atoms with Gasteiger partial charge in [-0.15, -0.1) is 0 Å². The third-order valence-corrected chi connectivity index (χ3v) is 3.39. The highest BCUT2D eigenvalue weighted by Gasteiger charge is 2.38. The minimum absolute atomic E-state index is 0.0365. The zero-order valence-electron chi connectivity index (χ0n) is 12.5. The van der Waals surface area contributed by atoms with Gasteiger partial charge in [-0.05, 0) is 43.4 Å². The van der Waals surface area contributed by atoms with Gasteiger partial charge in [0, 0.05) is 12.8 Å². The summed E-state index contributed by atoms with van der Waals surface area (Å²) >= 11 is 5.03. The highest BCUT2D eigenvalue weighted by Crippen LogP contribution is 2.20. The summed E-state index contributed by atoms with van der Waals surface area (Å²) in [5.74, 6) is -2.56. The van der Waals surface area contributed by atoms with Crippen molar-refractivity contribution >= 4 is 41.0 Å². The summed E-state index contributed by atoms with van der Waals surface area (Å²) in [5.41, 5.74) is 0.383. The predicted molar refractivity (Wildman–Crippen MR) is 88.0 cm³/mol. The van der Waals surface area contributed by atoms with E-state index in [4.69, 9.17) is 17.0 Å². The number of benzene rings is 1. The maximum atomic E-state index is 13.0. The summed E-state index contributed by atoms with van der Waals surface area (Å²) < 4.78 is 18.1. The molecule has 1 aromatic carbocycles. The van der Waals surface area contributed by atoms with Gasteiger partial charge in [-0.2, -0.15) is 0 Å². The van der Waals surface area contributed by atoms with E-state index < -0.39 is 23.5 Å². The Kier molecular flexibility index (Phi) is 5.89. The molecule has 1 N–H and O–H groups in total. The van der Waals surface area contributed by atoms with Gasteiger partial charge in [0.1, 0.15) is 5.82 Å².